The van der Waals surface area contributed by atoms with Gasteiger partial charge < -0.3 is 4.42 Å². The van der Waals surface area contributed by atoms with Crippen LogP contribution >= 0.6 is 0 Å². The molecular weight excluding hydrogens is 574 g/mol. The Labute approximate surface area is 271 Å². The Morgan fingerprint density at radius 1 is 0.340 bits per heavy atom. The number of furan rings is 1. The molecule has 4 heteroatoms. The van der Waals surface area contributed by atoms with Crippen LogP contribution < -0.4 is 0 Å². The fourth-order valence-electron chi connectivity index (χ4n) is 6.30. The van der Waals surface area contributed by atoms with Gasteiger partial charge in [-0.05, 0) is 51.2 Å². The maximum absolute atomic E-state index is 6.39. The fourth-order valence-corrected chi connectivity index (χ4v) is 6.30. The molecule has 0 spiro atoms. The summed E-state index contributed by atoms with van der Waals surface area (Å²) in [5, 5.41) is 4.56. The number of benzene rings is 7. The molecule has 0 unspecified atom stereocenters. The van der Waals surface area contributed by atoms with Gasteiger partial charge in [0.1, 0.15) is 11.2 Å². The standard InChI is InChI=1S/C43H27N3O/c1-2-9-28(10-3-1)30-17-22-32(23-18-30)41-44-42(33-24-19-31(20-25-33)35-26-21-29-11-4-5-12-34(29)27-35)46-43(45-41)38-15-8-14-37-36-13-6-7-16-39(36)47-40(37)38/h1-27H. The van der Waals surface area contributed by atoms with Crippen molar-refractivity contribution in [1.29, 1.82) is 0 Å². The third-order valence-corrected chi connectivity index (χ3v) is 8.76. The van der Waals surface area contributed by atoms with Crippen LogP contribution in [0.1, 0.15) is 0 Å². The van der Waals surface area contributed by atoms with Gasteiger partial charge in [-0.15, -0.1) is 0 Å². The van der Waals surface area contributed by atoms with Crippen LogP contribution in [0.25, 0.3) is 89.1 Å². The summed E-state index contributed by atoms with van der Waals surface area (Å²) in [6, 6.07) is 56.5. The number of hydrogen-bond acceptors (Lipinski definition) is 4. The highest BCUT2D eigenvalue weighted by atomic mass is 16.3. The minimum Gasteiger partial charge on any atom is -0.455 e. The molecule has 7 aromatic carbocycles. The Morgan fingerprint density at radius 3 is 1.62 bits per heavy atom. The third kappa shape index (κ3) is 4.93. The summed E-state index contributed by atoms with van der Waals surface area (Å²) in [5.41, 5.74) is 8.88. The first-order valence-corrected chi connectivity index (χ1v) is 15.7. The molecule has 4 nitrogen and oxygen atoms in total. The van der Waals surface area contributed by atoms with Gasteiger partial charge in [0.25, 0.3) is 0 Å². The van der Waals surface area contributed by atoms with Crippen molar-refractivity contribution in [2.45, 2.75) is 0 Å². The average Bonchev–Trinajstić information content (AvgIpc) is 3.54. The van der Waals surface area contributed by atoms with Gasteiger partial charge in [0.05, 0.1) is 5.56 Å². The second kappa shape index (κ2) is 11.2. The number of rotatable bonds is 5. The van der Waals surface area contributed by atoms with Crippen molar-refractivity contribution in [3.63, 3.8) is 0 Å². The molecule has 0 fully saturated rings. The SMILES string of the molecule is c1ccc(-c2ccc(-c3nc(-c4ccc(-c5ccc6ccccc6c5)cc4)nc(-c4cccc5c4oc4ccccc45)n3)cc2)cc1. The molecule has 0 saturated carbocycles. The molecule has 2 aromatic heterocycles. The molecule has 0 aliphatic heterocycles. The molecule has 0 saturated heterocycles. The highest BCUT2D eigenvalue weighted by Gasteiger charge is 2.18. The minimum absolute atomic E-state index is 0.570. The average molecular weight is 602 g/mol. The molecule has 9 rings (SSSR count). The molecule has 0 amide bonds. The molecule has 0 radical (unpaired) electrons. The smallest absolute Gasteiger partial charge is 0.167 e. The molecule has 0 N–H and O–H groups in total. The molecule has 47 heavy (non-hydrogen) atoms. The van der Waals surface area contributed by atoms with E-state index in [1.165, 1.54) is 21.9 Å². The van der Waals surface area contributed by atoms with E-state index in [2.05, 4.69) is 127 Å². The highest BCUT2D eigenvalue weighted by Crippen LogP contribution is 2.36. The van der Waals surface area contributed by atoms with Crippen LogP contribution in [0.5, 0.6) is 0 Å². The molecule has 0 aliphatic rings. The van der Waals surface area contributed by atoms with Gasteiger partial charge in [-0.2, -0.15) is 0 Å². The molecule has 9 aromatic rings. The quantitative estimate of drug-likeness (QED) is 0.197. The lowest BCUT2D eigenvalue weighted by Crippen LogP contribution is -2.00. The summed E-state index contributed by atoms with van der Waals surface area (Å²) in [5.74, 6) is 1.78. The topological polar surface area (TPSA) is 51.8 Å². The number of para-hydroxylation sites is 2. The predicted molar refractivity (Wildman–Crippen MR) is 192 cm³/mol. The van der Waals surface area contributed by atoms with E-state index in [0.717, 1.165) is 49.8 Å². The van der Waals surface area contributed by atoms with Crippen LogP contribution in [-0.4, -0.2) is 15.0 Å². The van der Waals surface area contributed by atoms with Crippen molar-refractivity contribution >= 4 is 32.7 Å². The first-order valence-electron chi connectivity index (χ1n) is 15.7. The van der Waals surface area contributed by atoms with E-state index in [4.69, 9.17) is 19.4 Å². The van der Waals surface area contributed by atoms with Gasteiger partial charge in [-0.25, -0.2) is 15.0 Å². The van der Waals surface area contributed by atoms with Crippen LogP contribution in [0.3, 0.4) is 0 Å². The van der Waals surface area contributed by atoms with Crippen LogP contribution in [0.15, 0.2) is 168 Å². The van der Waals surface area contributed by atoms with Crippen molar-refractivity contribution < 1.29 is 4.42 Å². The zero-order chi connectivity index (χ0) is 31.2. The Balaban J connectivity index is 1.17. The third-order valence-electron chi connectivity index (χ3n) is 8.76. The number of aromatic nitrogens is 3. The largest absolute Gasteiger partial charge is 0.455 e. The predicted octanol–water partition coefficient (Wildman–Crippen LogP) is 11.3. The van der Waals surface area contributed by atoms with Gasteiger partial charge >= 0.3 is 0 Å². The number of hydrogen-bond donors (Lipinski definition) is 0. The summed E-state index contributed by atoms with van der Waals surface area (Å²) in [4.78, 5) is 15.1. The van der Waals surface area contributed by atoms with Crippen molar-refractivity contribution in [3.05, 3.63) is 164 Å². The van der Waals surface area contributed by atoms with E-state index in [-0.39, 0.29) is 0 Å². The molecule has 2 heterocycles. The van der Waals surface area contributed by atoms with E-state index in [9.17, 15) is 0 Å². The van der Waals surface area contributed by atoms with Gasteiger partial charge in [0.2, 0.25) is 0 Å². The number of nitrogens with zero attached hydrogens (tertiary/aromatic N) is 3. The second-order valence-electron chi connectivity index (χ2n) is 11.7. The minimum atomic E-state index is 0.570. The summed E-state index contributed by atoms with van der Waals surface area (Å²) in [7, 11) is 0. The highest BCUT2D eigenvalue weighted by molar-refractivity contribution is 6.09. The van der Waals surface area contributed by atoms with Crippen molar-refractivity contribution in [1.82, 2.24) is 15.0 Å². The van der Waals surface area contributed by atoms with Gasteiger partial charge in [-0.3, -0.25) is 0 Å². The molecule has 0 aliphatic carbocycles. The fraction of sp³-hybridized carbons (Fsp3) is 0. The van der Waals surface area contributed by atoms with E-state index in [1.54, 1.807) is 0 Å². The Bertz CT molecular complexity index is 2550. The molecular formula is C43H27N3O. The van der Waals surface area contributed by atoms with Crippen molar-refractivity contribution in [3.8, 4) is 56.4 Å². The summed E-state index contributed by atoms with van der Waals surface area (Å²) < 4.78 is 6.39. The van der Waals surface area contributed by atoms with Gasteiger partial charge in [-0.1, -0.05) is 146 Å². The Morgan fingerprint density at radius 2 is 0.872 bits per heavy atom. The number of fused-ring (bicyclic) bond motifs is 4. The normalized spacial score (nSPS) is 11.4. The zero-order valence-corrected chi connectivity index (χ0v) is 25.3. The lowest BCUT2D eigenvalue weighted by molar-refractivity contribution is 0.669. The van der Waals surface area contributed by atoms with Crippen molar-refractivity contribution in [2.75, 3.05) is 0 Å². The van der Waals surface area contributed by atoms with E-state index >= 15 is 0 Å². The van der Waals surface area contributed by atoms with E-state index in [1.807, 2.05) is 36.4 Å². The molecule has 0 bridgehead atoms. The summed E-state index contributed by atoms with van der Waals surface area (Å²) >= 11 is 0. The Hall–Kier alpha value is -6.39. The van der Waals surface area contributed by atoms with Gasteiger partial charge in [0.15, 0.2) is 17.5 Å². The van der Waals surface area contributed by atoms with Crippen LogP contribution in [-0.2, 0) is 0 Å². The first-order chi connectivity index (χ1) is 23.3. The first kappa shape index (κ1) is 27.0. The summed E-state index contributed by atoms with van der Waals surface area (Å²) in [6.07, 6.45) is 0. The molecule has 0 atom stereocenters. The Kier molecular flexibility index (Phi) is 6.43. The van der Waals surface area contributed by atoms with Crippen LogP contribution in [0.4, 0.5) is 0 Å². The maximum atomic E-state index is 6.39. The van der Waals surface area contributed by atoms with Crippen molar-refractivity contribution in [2.24, 2.45) is 0 Å². The second-order valence-corrected chi connectivity index (χ2v) is 11.7. The van der Waals surface area contributed by atoms with Gasteiger partial charge in [0, 0.05) is 21.9 Å². The summed E-state index contributed by atoms with van der Waals surface area (Å²) in [6.45, 7) is 0. The molecule has 220 valence electrons. The van der Waals surface area contributed by atoms with Crippen LogP contribution in [0.2, 0.25) is 0 Å². The van der Waals surface area contributed by atoms with E-state index in [0.29, 0.717) is 17.5 Å². The monoisotopic (exact) mass is 601 g/mol. The maximum Gasteiger partial charge on any atom is 0.167 e. The van der Waals surface area contributed by atoms with Crippen LogP contribution in [0, 0.1) is 0 Å². The van der Waals surface area contributed by atoms with E-state index < -0.39 is 0 Å². The lowest BCUT2D eigenvalue weighted by atomic mass is 10.00. The lowest BCUT2D eigenvalue weighted by Gasteiger charge is -2.10. The zero-order valence-electron chi connectivity index (χ0n) is 25.3.